The molecule has 1 aromatic rings. The number of hydrogen-bond acceptors (Lipinski definition) is 6. The summed E-state index contributed by atoms with van der Waals surface area (Å²) >= 11 is 6.27. The van der Waals surface area contributed by atoms with E-state index in [9.17, 15) is 9.18 Å². The Morgan fingerprint density at radius 2 is 2.27 bits per heavy atom. The van der Waals surface area contributed by atoms with Gasteiger partial charge in [-0.25, -0.2) is 4.39 Å². The molecule has 0 saturated carbocycles. The van der Waals surface area contributed by atoms with E-state index in [0.717, 1.165) is 24.9 Å². The second-order valence-electron chi connectivity index (χ2n) is 7.38. The molecule has 0 radical (unpaired) electrons. The first kappa shape index (κ1) is 17.7. The van der Waals surface area contributed by atoms with Gasteiger partial charge in [0.1, 0.15) is 23.7 Å². The van der Waals surface area contributed by atoms with E-state index in [1.165, 1.54) is 0 Å². The Morgan fingerprint density at radius 1 is 1.42 bits per heavy atom. The molecule has 0 aliphatic carbocycles. The second-order valence-corrected chi connectivity index (χ2v) is 7.74. The van der Waals surface area contributed by atoms with E-state index in [2.05, 4.69) is 20.2 Å². The molecule has 142 valence electrons. The molecule has 3 fully saturated rings. The number of halogens is 2. The first-order valence-corrected chi connectivity index (χ1v) is 9.42. The minimum absolute atomic E-state index is 0.0479. The Labute approximate surface area is 156 Å². The van der Waals surface area contributed by atoms with E-state index in [4.69, 9.17) is 16.3 Å². The molecule has 1 aromatic heterocycles. The summed E-state index contributed by atoms with van der Waals surface area (Å²) in [6.07, 6.45) is 1.67. The minimum atomic E-state index is -0.802. The molecule has 0 spiro atoms. The molecule has 3 aliphatic heterocycles. The number of ether oxygens (including phenoxy) is 1. The summed E-state index contributed by atoms with van der Waals surface area (Å²) in [4.78, 5) is 24.5. The van der Waals surface area contributed by atoms with Crippen molar-refractivity contribution in [2.24, 2.45) is 0 Å². The van der Waals surface area contributed by atoms with E-state index >= 15 is 0 Å². The number of carbonyl (C=O) groups excluding carboxylic acids is 1. The van der Waals surface area contributed by atoms with Crippen molar-refractivity contribution in [3.63, 3.8) is 0 Å². The smallest absolute Gasteiger partial charge is 0.319 e. The number of carbonyl (C=O) groups is 1. The summed E-state index contributed by atoms with van der Waals surface area (Å²) in [5.41, 5.74) is 0.463. The highest BCUT2D eigenvalue weighted by Crippen LogP contribution is 2.40. The van der Waals surface area contributed by atoms with Gasteiger partial charge in [-0.1, -0.05) is 11.6 Å². The average Bonchev–Trinajstić information content (AvgIpc) is 3.11. The van der Waals surface area contributed by atoms with E-state index < -0.39 is 6.17 Å². The van der Waals surface area contributed by atoms with Gasteiger partial charge in [0.15, 0.2) is 0 Å². The molecule has 2 atom stereocenters. The minimum Gasteiger partial charge on any atom is -0.461 e. The zero-order chi connectivity index (χ0) is 18.3. The Morgan fingerprint density at radius 3 is 3.08 bits per heavy atom. The standard InChI is InChI=1S/C17H23ClFN5O2/c1-11-14(18)21-16(22-15(11)23-6-4-20-13(25)9-23)26-10-17-3-2-5-24(17)8-12(19)7-17/h12H,2-10H2,1H3,(H,20,25)/t12-,17+/m1/s1. The molecule has 0 unspecified atom stereocenters. The van der Waals surface area contributed by atoms with Crippen LogP contribution in [0.1, 0.15) is 24.8 Å². The molecular formula is C17H23ClFN5O2. The summed E-state index contributed by atoms with van der Waals surface area (Å²) in [7, 11) is 0. The number of alkyl halides is 1. The highest BCUT2D eigenvalue weighted by Gasteiger charge is 2.49. The third kappa shape index (κ3) is 3.20. The lowest BCUT2D eigenvalue weighted by Crippen LogP contribution is -2.48. The SMILES string of the molecule is Cc1c(Cl)nc(OC[C@@]23CCCN2C[C@H](F)C3)nc1N1CCNC(=O)C1. The Hall–Kier alpha value is -1.67. The molecule has 26 heavy (non-hydrogen) atoms. The molecule has 4 heterocycles. The number of fused-ring (bicyclic) bond motifs is 1. The first-order chi connectivity index (χ1) is 12.5. The first-order valence-electron chi connectivity index (χ1n) is 9.04. The number of amides is 1. The maximum atomic E-state index is 13.9. The molecule has 3 saturated heterocycles. The van der Waals surface area contributed by atoms with Crippen LogP contribution in [0, 0.1) is 6.92 Å². The molecule has 1 amide bonds. The van der Waals surface area contributed by atoms with Crippen LogP contribution in [0.15, 0.2) is 0 Å². The van der Waals surface area contributed by atoms with Crippen molar-refractivity contribution in [3.8, 4) is 6.01 Å². The van der Waals surface area contributed by atoms with Gasteiger partial charge in [-0.05, 0) is 26.3 Å². The van der Waals surface area contributed by atoms with Gasteiger partial charge >= 0.3 is 6.01 Å². The van der Waals surface area contributed by atoms with Crippen LogP contribution in [0.4, 0.5) is 10.2 Å². The zero-order valence-electron chi connectivity index (χ0n) is 14.8. The van der Waals surface area contributed by atoms with Crippen LogP contribution in [0.25, 0.3) is 0 Å². The fraction of sp³-hybridized carbons (Fsp3) is 0.706. The second kappa shape index (κ2) is 6.81. The molecular weight excluding hydrogens is 361 g/mol. The average molecular weight is 384 g/mol. The van der Waals surface area contributed by atoms with Gasteiger partial charge in [0.05, 0.1) is 12.1 Å². The van der Waals surface area contributed by atoms with Crippen molar-refractivity contribution in [1.29, 1.82) is 0 Å². The number of aromatic nitrogens is 2. The Balaban J connectivity index is 1.53. The number of piperazine rings is 1. The number of nitrogens with zero attached hydrogens (tertiary/aromatic N) is 4. The normalized spacial score (nSPS) is 29.0. The predicted octanol–water partition coefficient (Wildman–Crippen LogP) is 1.33. The maximum Gasteiger partial charge on any atom is 0.319 e. The van der Waals surface area contributed by atoms with Gasteiger partial charge in [-0.15, -0.1) is 0 Å². The molecule has 0 aromatic carbocycles. The van der Waals surface area contributed by atoms with Gasteiger partial charge < -0.3 is 15.0 Å². The summed E-state index contributed by atoms with van der Waals surface area (Å²) in [5, 5.41) is 3.10. The zero-order valence-corrected chi connectivity index (χ0v) is 15.6. The topological polar surface area (TPSA) is 70.6 Å². The van der Waals surface area contributed by atoms with Crippen LogP contribution < -0.4 is 15.0 Å². The van der Waals surface area contributed by atoms with E-state index in [1.807, 2.05) is 11.8 Å². The van der Waals surface area contributed by atoms with E-state index in [0.29, 0.717) is 43.6 Å². The van der Waals surface area contributed by atoms with Crippen molar-refractivity contribution in [1.82, 2.24) is 20.2 Å². The Kier molecular flexibility index (Phi) is 4.64. The lowest BCUT2D eigenvalue weighted by atomic mass is 9.95. The predicted molar refractivity (Wildman–Crippen MR) is 95.5 cm³/mol. The van der Waals surface area contributed by atoms with E-state index in [1.54, 1.807) is 0 Å². The van der Waals surface area contributed by atoms with Crippen LogP contribution in [0.2, 0.25) is 5.15 Å². The largest absolute Gasteiger partial charge is 0.461 e. The van der Waals surface area contributed by atoms with Gasteiger partial charge in [-0.3, -0.25) is 9.69 Å². The monoisotopic (exact) mass is 383 g/mol. The highest BCUT2D eigenvalue weighted by molar-refractivity contribution is 6.30. The fourth-order valence-electron chi connectivity index (χ4n) is 4.30. The Bertz CT molecular complexity index is 721. The van der Waals surface area contributed by atoms with Gasteiger partial charge in [0, 0.05) is 31.6 Å². The highest BCUT2D eigenvalue weighted by atomic mass is 35.5. The summed E-state index contributed by atoms with van der Waals surface area (Å²) in [6.45, 7) is 5.02. The number of rotatable bonds is 4. The molecule has 4 rings (SSSR count). The third-order valence-electron chi connectivity index (χ3n) is 5.61. The maximum absolute atomic E-state index is 13.9. The summed E-state index contributed by atoms with van der Waals surface area (Å²) in [5.74, 6) is 0.568. The quantitative estimate of drug-likeness (QED) is 0.791. The number of nitrogens with one attached hydrogen (secondary N) is 1. The van der Waals surface area contributed by atoms with Crippen molar-refractivity contribution in [2.45, 2.75) is 37.9 Å². The number of hydrogen-bond donors (Lipinski definition) is 1. The van der Waals surface area contributed by atoms with Gasteiger partial charge in [-0.2, -0.15) is 9.97 Å². The molecule has 7 nitrogen and oxygen atoms in total. The summed E-state index contributed by atoms with van der Waals surface area (Å²) in [6, 6.07) is 0.185. The van der Waals surface area contributed by atoms with Crippen LogP contribution in [0.3, 0.4) is 0 Å². The van der Waals surface area contributed by atoms with Gasteiger partial charge in [0.25, 0.3) is 0 Å². The molecule has 3 aliphatic rings. The van der Waals surface area contributed by atoms with Crippen LogP contribution >= 0.6 is 11.6 Å². The third-order valence-corrected chi connectivity index (χ3v) is 5.98. The van der Waals surface area contributed by atoms with Gasteiger partial charge in [0.2, 0.25) is 5.91 Å². The number of anilines is 1. The molecule has 9 heteroatoms. The summed E-state index contributed by atoms with van der Waals surface area (Å²) < 4.78 is 19.8. The van der Waals surface area contributed by atoms with E-state index in [-0.39, 0.29) is 24.0 Å². The van der Waals surface area contributed by atoms with Crippen LogP contribution in [-0.4, -0.2) is 71.8 Å². The van der Waals surface area contributed by atoms with Crippen LogP contribution in [-0.2, 0) is 4.79 Å². The molecule has 1 N–H and O–H groups in total. The van der Waals surface area contributed by atoms with Crippen molar-refractivity contribution < 1.29 is 13.9 Å². The lowest BCUT2D eigenvalue weighted by molar-refractivity contribution is -0.120. The van der Waals surface area contributed by atoms with Crippen molar-refractivity contribution in [2.75, 3.05) is 44.2 Å². The lowest BCUT2D eigenvalue weighted by Gasteiger charge is -2.31. The van der Waals surface area contributed by atoms with Crippen molar-refractivity contribution >= 4 is 23.3 Å². The molecule has 0 bridgehead atoms. The van der Waals surface area contributed by atoms with Crippen LogP contribution in [0.5, 0.6) is 6.01 Å². The van der Waals surface area contributed by atoms with Crippen molar-refractivity contribution in [3.05, 3.63) is 10.7 Å². The fourth-order valence-corrected chi connectivity index (χ4v) is 4.46.